The molecule has 0 radical (unpaired) electrons. The number of aryl methyl sites for hydroxylation is 3. The fourth-order valence-corrected chi connectivity index (χ4v) is 4.43. The van der Waals surface area contributed by atoms with Crippen LogP contribution in [0.15, 0.2) is 51.9 Å². The monoisotopic (exact) mass is 428 g/mol. The summed E-state index contributed by atoms with van der Waals surface area (Å²) in [5.74, 6) is -0.0451. The number of hydrogen-bond donors (Lipinski definition) is 1. The quantitative estimate of drug-likeness (QED) is 0.609. The maximum Gasteiger partial charge on any atom is 0.225 e. The van der Waals surface area contributed by atoms with Gasteiger partial charge in [-0.15, -0.1) is 0 Å². The van der Waals surface area contributed by atoms with E-state index >= 15 is 0 Å². The zero-order valence-electron chi connectivity index (χ0n) is 17.4. The smallest absolute Gasteiger partial charge is 0.225 e. The highest BCUT2D eigenvalue weighted by Gasteiger charge is 2.23. The standard InChI is InChI=1S/C22H24N2O5S/c1-14-5-6-15(2)18(11-14)23-22(25)9-10-30(26,27)21-13-17(7-8-19(21)28-4)20-12-16(3)24-29-20/h5-8,11-13H,9-10H2,1-4H3,(H,23,25). The highest BCUT2D eigenvalue weighted by Crippen LogP contribution is 2.31. The second kappa shape index (κ2) is 8.71. The number of benzene rings is 2. The molecule has 0 fully saturated rings. The van der Waals surface area contributed by atoms with Crippen molar-refractivity contribution in [3.8, 4) is 17.1 Å². The molecule has 0 bridgehead atoms. The summed E-state index contributed by atoms with van der Waals surface area (Å²) in [6.45, 7) is 5.59. The van der Waals surface area contributed by atoms with Crippen molar-refractivity contribution in [1.82, 2.24) is 5.16 Å². The summed E-state index contributed by atoms with van der Waals surface area (Å²) in [4.78, 5) is 12.4. The highest BCUT2D eigenvalue weighted by atomic mass is 32.2. The first kappa shape index (κ1) is 21.6. The van der Waals surface area contributed by atoms with E-state index in [1.54, 1.807) is 25.1 Å². The van der Waals surface area contributed by atoms with Gasteiger partial charge in [-0.05, 0) is 56.2 Å². The van der Waals surface area contributed by atoms with Crippen molar-refractivity contribution in [2.45, 2.75) is 32.1 Å². The number of sulfone groups is 1. The van der Waals surface area contributed by atoms with Gasteiger partial charge in [0.25, 0.3) is 0 Å². The van der Waals surface area contributed by atoms with Crippen LogP contribution in [0.3, 0.4) is 0 Å². The van der Waals surface area contributed by atoms with Gasteiger partial charge < -0.3 is 14.6 Å². The van der Waals surface area contributed by atoms with Crippen LogP contribution < -0.4 is 10.1 Å². The van der Waals surface area contributed by atoms with Crippen LogP contribution in [-0.4, -0.2) is 32.3 Å². The Balaban J connectivity index is 1.79. The lowest BCUT2D eigenvalue weighted by Crippen LogP contribution is -2.18. The minimum Gasteiger partial charge on any atom is -0.495 e. The molecule has 0 unspecified atom stereocenters. The van der Waals surface area contributed by atoms with E-state index in [2.05, 4.69) is 10.5 Å². The molecule has 1 aromatic heterocycles. The molecule has 0 atom stereocenters. The Morgan fingerprint density at radius 2 is 1.87 bits per heavy atom. The first-order valence-electron chi connectivity index (χ1n) is 9.41. The summed E-state index contributed by atoms with van der Waals surface area (Å²) in [6.07, 6.45) is -0.176. The van der Waals surface area contributed by atoms with Crippen molar-refractivity contribution in [3.05, 3.63) is 59.3 Å². The van der Waals surface area contributed by atoms with Gasteiger partial charge in [-0.3, -0.25) is 4.79 Å². The van der Waals surface area contributed by atoms with Crippen LogP contribution in [0.1, 0.15) is 23.2 Å². The van der Waals surface area contributed by atoms with E-state index in [1.807, 2.05) is 32.0 Å². The van der Waals surface area contributed by atoms with Crippen LogP contribution >= 0.6 is 0 Å². The molecule has 0 saturated carbocycles. The van der Waals surface area contributed by atoms with Crippen LogP contribution in [0.2, 0.25) is 0 Å². The number of rotatable bonds is 7. The summed E-state index contributed by atoms with van der Waals surface area (Å²) in [7, 11) is -2.38. The fourth-order valence-electron chi connectivity index (χ4n) is 2.99. The van der Waals surface area contributed by atoms with Gasteiger partial charge >= 0.3 is 0 Å². The lowest BCUT2D eigenvalue weighted by atomic mass is 10.1. The number of anilines is 1. The molecule has 3 rings (SSSR count). The molecule has 0 spiro atoms. The number of carbonyl (C=O) groups is 1. The number of aromatic nitrogens is 1. The van der Waals surface area contributed by atoms with E-state index in [1.165, 1.54) is 13.2 Å². The van der Waals surface area contributed by atoms with Crippen molar-refractivity contribution >= 4 is 21.4 Å². The molecule has 2 aromatic carbocycles. The van der Waals surface area contributed by atoms with Crippen LogP contribution in [0.25, 0.3) is 11.3 Å². The normalized spacial score (nSPS) is 11.3. The van der Waals surface area contributed by atoms with Crippen molar-refractivity contribution in [2.75, 3.05) is 18.2 Å². The Hall–Kier alpha value is -3.13. The lowest BCUT2D eigenvalue weighted by Gasteiger charge is -2.12. The summed E-state index contributed by atoms with van der Waals surface area (Å²) in [5.41, 5.74) is 3.85. The number of hydrogen-bond acceptors (Lipinski definition) is 6. The third kappa shape index (κ3) is 4.88. The number of amides is 1. The van der Waals surface area contributed by atoms with Crippen LogP contribution in [0.4, 0.5) is 5.69 Å². The van der Waals surface area contributed by atoms with E-state index in [4.69, 9.17) is 9.26 Å². The lowest BCUT2D eigenvalue weighted by molar-refractivity contribution is -0.115. The second-order valence-electron chi connectivity index (χ2n) is 7.13. The van der Waals surface area contributed by atoms with Crippen LogP contribution in [0, 0.1) is 20.8 Å². The first-order chi connectivity index (χ1) is 14.2. The minimum absolute atomic E-state index is 0.0103. The number of carbonyl (C=O) groups excluding carboxylic acids is 1. The SMILES string of the molecule is COc1ccc(-c2cc(C)no2)cc1S(=O)(=O)CCC(=O)Nc1cc(C)ccc1C. The number of ether oxygens (including phenoxy) is 1. The minimum atomic E-state index is -3.78. The molecule has 3 aromatic rings. The van der Waals surface area contributed by atoms with Crippen molar-refractivity contribution in [1.29, 1.82) is 0 Å². The van der Waals surface area contributed by atoms with E-state index in [0.29, 0.717) is 22.7 Å². The number of methoxy groups -OCH3 is 1. The van der Waals surface area contributed by atoms with Gasteiger partial charge in [-0.1, -0.05) is 17.3 Å². The Morgan fingerprint density at radius 1 is 1.10 bits per heavy atom. The summed E-state index contributed by atoms with van der Waals surface area (Å²) in [6, 6.07) is 12.2. The number of nitrogens with one attached hydrogen (secondary N) is 1. The molecule has 0 saturated heterocycles. The molecule has 0 aliphatic carbocycles. The molecule has 1 amide bonds. The maximum absolute atomic E-state index is 13.0. The van der Waals surface area contributed by atoms with Gasteiger partial charge in [-0.2, -0.15) is 0 Å². The second-order valence-corrected chi connectivity index (χ2v) is 9.21. The van der Waals surface area contributed by atoms with Crippen molar-refractivity contribution < 1.29 is 22.5 Å². The summed E-state index contributed by atoms with van der Waals surface area (Å²) >= 11 is 0. The topological polar surface area (TPSA) is 98.5 Å². The Morgan fingerprint density at radius 3 is 2.53 bits per heavy atom. The van der Waals surface area contributed by atoms with Crippen LogP contribution in [0.5, 0.6) is 5.75 Å². The predicted molar refractivity (Wildman–Crippen MR) is 114 cm³/mol. The third-order valence-corrected chi connectivity index (χ3v) is 6.41. The van der Waals surface area contributed by atoms with Crippen LogP contribution in [-0.2, 0) is 14.6 Å². The largest absolute Gasteiger partial charge is 0.495 e. The third-order valence-electron chi connectivity index (χ3n) is 4.68. The van der Waals surface area contributed by atoms with Gasteiger partial charge in [0.2, 0.25) is 5.91 Å². The fraction of sp³-hybridized carbons (Fsp3) is 0.273. The van der Waals surface area contributed by atoms with E-state index in [-0.39, 0.29) is 28.7 Å². The van der Waals surface area contributed by atoms with Gasteiger partial charge in [0, 0.05) is 23.7 Å². The molecule has 7 nitrogen and oxygen atoms in total. The van der Waals surface area contributed by atoms with E-state index < -0.39 is 9.84 Å². The van der Waals surface area contributed by atoms with Crippen molar-refractivity contribution in [2.24, 2.45) is 0 Å². The maximum atomic E-state index is 13.0. The average molecular weight is 429 g/mol. The molecule has 1 N–H and O–H groups in total. The Bertz CT molecular complexity index is 1180. The molecular formula is C22H24N2O5S. The molecule has 30 heavy (non-hydrogen) atoms. The average Bonchev–Trinajstić information content (AvgIpc) is 3.15. The molecular weight excluding hydrogens is 404 g/mol. The molecule has 1 heterocycles. The van der Waals surface area contributed by atoms with Crippen molar-refractivity contribution in [3.63, 3.8) is 0 Å². The van der Waals surface area contributed by atoms with Gasteiger partial charge in [-0.25, -0.2) is 8.42 Å². The van der Waals surface area contributed by atoms with E-state index in [9.17, 15) is 13.2 Å². The zero-order valence-corrected chi connectivity index (χ0v) is 18.2. The first-order valence-corrected chi connectivity index (χ1v) is 11.1. The molecule has 8 heteroatoms. The van der Waals surface area contributed by atoms with E-state index in [0.717, 1.165) is 11.1 Å². The molecule has 0 aliphatic rings. The highest BCUT2D eigenvalue weighted by molar-refractivity contribution is 7.91. The predicted octanol–water partition coefficient (Wildman–Crippen LogP) is 4.08. The molecule has 158 valence electrons. The Labute approximate surface area is 176 Å². The van der Waals surface area contributed by atoms with Gasteiger partial charge in [0.15, 0.2) is 15.6 Å². The summed E-state index contributed by atoms with van der Waals surface area (Å²) < 4.78 is 36.4. The molecule has 0 aliphatic heterocycles. The van der Waals surface area contributed by atoms with Gasteiger partial charge in [0.05, 0.1) is 18.6 Å². The number of nitrogens with zero attached hydrogens (tertiary/aromatic N) is 1. The zero-order chi connectivity index (χ0) is 21.9. The summed E-state index contributed by atoms with van der Waals surface area (Å²) in [5, 5.41) is 6.62. The Kier molecular flexibility index (Phi) is 6.26. The van der Waals surface area contributed by atoms with Gasteiger partial charge in [0.1, 0.15) is 10.6 Å².